The van der Waals surface area contributed by atoms with E-state index in [-0.39, 0.29) is 5.60 Å². The molecule has 10 aliphatic heterocycles. The summed E-state index contributed by atoms with van der Waals surface area (Å²) in [5.74, 6) is 2.38. The van der Waals surface area contributed by atoms with Crippen LogP contribution in [0, 0.1) is 28.1 Å². The Morgan fingerprint density at radius 2 is 0.555 bits per heavy atom. The quantitative estimate of drug-likeness (QED) is 0.213. The number of benzene rings is 1. The summed E-state index contributed by atoms with van der Waals surface area (Å²) in [6, 6.07) is 17.9. The first-order chi connectivity index (χ1) is 56.7. The largest absolute Gasteiger partial charge is 0.372 e. The molecule has 11 rings (SSSR count). The van der Waals surface area contributed by atoms with E-state index in [1.54, 1.807) is 0 Å². The van der Waals surface area contributed by atoms with E-state index in [0.29, 0.717) is 34.2 Å². The van der Waals surface area contributed by atoms with Crippen molar-refractivity contribution in [2.75, 3.05) is 138 Å². The van der Waals surface area contributed by atoms with Crippen LogP contribution in [-0.2, 0) is 4.74 Å². The molecule has 0 bridgehead atoms. The zero-order chi connectivity index (χ0) is 94.3. The standard InChI is InChI=1S/2C15H30N2.C14H28N2O.C14H28N2.C10H20N2.C9H12.C5H12.C4H10.11C2H6/c1-13(2)16-9-5-15(6-10-16)7-11-17(12-8-15)14(3)4;1-13(2)16-10-7-15(8-11-16)6-5-9-17(12-15)14(3)4;1-12(2)15-7-5-14(6-8-15)11-16(13(3)4)9-10-17-14;1-12(2)15-8-5-14(6-9-15)7-10-16(11-14)13(3)4;1-9(2)12-7-6-11-5-3-4-10(11)8-12;1-8(2)9-6-4-3-5-7-9;1-4-5(2)3;1-4(2)3;11*1-2/h2*13-14H,5-12H2,1-4H3;12-13H,5-11H2,1-4H3;12-13H,5-11H2,1-4H3;9-10H,3-8H2,1-2H3;3-8H,1-2H3;5H,4H2,1-3H3;4H,1-3H3;11*1-2H3. The Labute approximate surface area is 757 Å². The van der Waals surface area contributed by atoms with Crippen LogP contribution in [0.25, 0.3) is 0 Å². The SMILES string of the molecule is CC.CC.CC.CC.CC.CC.CC.CC.CC.CC.CC.CC(C)C.CC(C)N1CCC2(CC1)CCN(C(C)C)C2.CC(C)N1CCC2(CC1)CCN(C(C)C)CC2.CC(C)N1CCC2(CC1)CN(C(C)C)CCO2.CC(C)N1CCC2(CCCN(C(C)C)C2)CC1.CC(C)N1CCN2CCCC2C1.CC(C)c1ccccc1.CCC(C)C. The monoisotopic (exact) mass is 1690 g/mol. The summed E-state index contributed by atoms with van der Waals surface area (Å²) in [6.45, 7) is 130. The van der Waals surface area contributed by atoms with Crippen LogP contribution in [0.3, 0.4) is 0 Å². The van der Waals surface area contributed by atoms with E-state index in [4.69, 9.17) is 4.74 Å². The van der Waals surface area contributed by atoms with Gasteiger partial charge in [-0.3, -0.25) is 14.7 Å². The average molecular weight is 1690 g/mol. The molecule has 10 heterocycles. The molecule has 11 heteroatoms. The minimum Gasteiger partial charge on any atom is -0.372 e. The fourth-order valence-electron chi connectivity index (χ4n) is 16.9. The Morgan fingerprint density at radius 3 is 0.832 bits per heavy atom. The Bertz CT molecular complexity index is 2040. The maximum absolute atomic E-state index is 6.15. The van der Waals surface area contributed by atoms with Crippen LogP contribution in [0.1, 0.15) is 447 Å². The molecule has 1 atom stereocenters. The van der Waals surface area contributed by atoms with Crippen molar-refractivity contribution in [3.05, 3.63) is 35.9 Å². The predicted molar refractivity (Wildman–Crippen MR) is 552 cm³/mol. The lowest BCUT2D eigenvalue weighted by atomic mass is 9.71. The Balaban J connectivity index is -0.000000195. The van der Waals surface area contributed by atoms with Crippen molar-refractivity contribution in [2.45, 2.75) is 507 Å². The van der Waals surface area contributed by atoms with Crippen molar-refractivity contribution >= 4 is 0 Å². The second-order valence-corrected chi connectivity index (χ2v) is 36.7. The lowest BCUT2D eigenvalue weighted by molar-refractivity contribution is -0.143. The molecular formula is C108H236N10O. The van der Waals surface area contributed by atoms with Crippen molar-refractivity contribution < 1.29 is 4.74 Å². The molecule has 1 aromatic carbocycles. The minimum absolute atomic E-state index is 0.161. The van der Waals surface area contributed by atoms with Gasteiger partial charge in [-0.25, -0.2) is 0 Å². The number of fused-ring (bicyclic) bond motifs is 1. The van der Waals surface area contributed by atoms with Gasteiger partial charge in [0.05, 0.1) is 12.2 Å². The molecule has 0 aliphatic carbocycles. The van der Waals surface area contributed by atoms with Gasteiger partial charge in [0.1, 0.15) is 0 Å². The Morgan fingerprint density at radius 1 is 0.286 bits per heavy atom. The number of rotatable bonds is 11. The second-order valence-electron chi connectivity index (χ2n) is 36.7. The van der Waals surface area contributed by atoms with Gasteiger partial charge in [0.2, 0.25) is 0 Å². The highest BCUT2D eigenvalue weighted by Crippen LogP contribution is 2.44. The van der Waals surface area contributed by atoms with Crippen LogP contribution in [0.2, 0.25) is 0 Å². The van der Waals surface area contributed by atoms with Crippen molar-refractivity contribution in [1.82, 2.24) is 49.0 Å². The maximum Gasteiger partial charge on any atom is 0.0833 e. The number of nitrogens with zero attached hydrogens (tertiary/aromatic N) is 10. The first-order valence-electron chi connectivity index (χ1n) is 52.8. The van der Waals surface area contributed by atoms with Crippen LogP contribution in [0.4, 0.5) is 0 Å². The highest BCUT2D eigenvalue weighted by molar-refractivity contribution is 5.17. The average Bonchev–Trinajstić information content (AvgIpc) is 1.55. The molecule has 0 amide bonds. The number of morpholine rings is 1. The summed E-state index contributed by atoms with van der Waals surface area (Å²) in [5, 5.41) is 0. The van der Waals surface area contributed by atoms with Gasteiger partial charge in [0, 0.05) is 119 Å². The summed E-state index contributed by atoms with van der Waals surface area (Å²) >= 11 is 0. The molecule has 1 unspecified atom stereocenters. The van der Waals surface area contributed by atoms with Crippen molar-refractivity contribution in [3.8, 4) is 0 Å². The van der Waals surface area contributed by atoms with Crippen molar-refractivity contribution in [1.29, 1.82) is 0 Å². The van der Waals surface area contributed by atoms with Gasteiger partial charge in [-0.15, -0.1) is 0 Å². The summed E-state index contributed by atoms with van der Waals surface area (Å²) in [5.41, 5.74) is 3.62. The predicted octanol–water partition coefficient (Wildman–Crippen LogP) is 29.5. The fraction of sp³-hybridized carbons (Fsp3) is 0.944. The van der Waals surface area contributed by atoms with E-state index in [0.717, 1.165) is 79.9 Å². The van der Waals surface area contributed by atoms with Gasteiger partial charge >= 0.3 is 0 Å². The summed E-state index contributed by atoms with van der Waals surface area (Å²) < 4.78 is 6.15. The zero-order valence-corrected chi connectivity index (χ0v) is 91.9. The number of ether oxygens (including phenoxy) is 1. The van der Waals surface area contributed by atoms with Crippen LogP contribution < -0.4 is 0 Å². The first kappa shape index (κ1) is 133. The first-order valence-corrected chi connectivity index (χ1v) is 52.8. The molecule has 0 radical (unpaired) electrons. The third-order valence-electron chi connectivity index (χ3n) is 25.1. The van der Waals surface area contributed by atoms with E-state index in [1.165, 1.54) is 226 Å². The molecule has 4 spiro atoms. The summed E-state index contributed by atoms with van der Waals surface area (Å²) in [7, 11) is 0. The summed E-state index contributed by atoms with van der Waals surface area (Å²) in [6.07, 6.45) is 22.4. The fourth-order valence-corrected chi connectivity index (χ4v) is 16.9. The molecule has 0 N–H and O–H groups in total. The molecular weight excluding hydrogens is 1450 g/mol. The van der Waals surface area contributed by atoms with E-state index < -0.39 is 0 Å². The normalized spacial score (nSPS) is 20.7. The molecule has 724 valence electrons. The van der Waals surface area contributed by atoms with E-state index >= 15 is 0 Å². The number of piperazine rings is 1. The van der Waals surface area contributed by atoms with Gasteiger partial charge in [-0.2, -0.15) is 0 Å². The molecule has 10 fully saturated rings. The molecule has 0 aromatic heterocycles. The van der Waals surface area contributed by atoms with E-state index in [9.17, 15) is 0 Å². The highest BCUT2D eigenvalue weighted by Gasteiger charge is 2.44. The van der Waals surface area contributed by atoms with Crippen LogP contribution in [0.15, 0.2) is 30.3 Å². The van der Waals surface area contributed by atoms with Gasteiger partial charge < -0.3 is 39.0 Å². The highest BCUT2D eigenvalue weighted by atomic mass is 16.5. The lowest BCUT2D eigenvalue weighted by Crippen LogP contribution is -2.58. The molecule has 10 saturated heterocycles. The van der Waals surface area contributed by atoms with Crippen molar-refractivity contribution in [2.24, 2.45) is 28.1 Å². The number of likely N-dealkylation sites (tertiary alicyclic amines) is 7. The Kier molecular flexibility index (Phi) is 92.4. The van der Waals surface area contributed by atoms with Gasteiger partial charge in [-0.05, 0) is 332 Å². The van der Waals surface area contributed by atoms with Gasteiger partial charge in [-0.1, -0.05) is 244 Å². The summed E-state index contributed by atoms with van der Waals surface area (Å²) in [4.78, 5) is 26.4. The van der Waals surface area contributed by atoms with Gasteiger partial charge in [0.25, 0.3) is 0 Å². The van der Waals surface area contributed by atoms with E-state index in [1.807, 2.05) is 158 Å². The number of piperidine rings is 6. The van der Waals surface area contributed by atoms with Crippen molar-refractivity contribution in [3.63, 3.8) is 0 Å². The molecule has 10 aliphatic rings. The smallest absolute Gasteiger partial charge is 0.0833 e. The van der Waals surface area contributed by atoms with Crippen LogP contribution in [0.5, 0.6) is 0 Å². The van der Waals surface area contributed by atoms with Crippen LogP contribution >= 0.6 is 0 Å². The maximum atomic E-state index is 6.15. The molecule has 11 nitrogen and oxygen atoms in total. The van der Waals surface area contributed by atoms with Gasteiger partial charge in [0.15, 0.2) is 0 Å². The third kappa shape index (κ3) is 58.1. The molecule has 119 heavy (non-hydrogen) atoms. The Hall–Kier alpha value is -1.22. The third-order valence-corrected chi connectivity index (χ3v) is 25.1. The lowest BCUT2D eigenvalue weighted by Gasteiger charge is -2.49. The minimum atomic E-state index is 0.161. The van der Waals surface area contributed by atoms with E-state index in [2.05, 4.69) is 253 Å². The molecule has 1 aromatic rings. The van der Waals surface area contributed by atoms with Crippen LogP contribution in [-0.4, -0.2) is 253 Å². The molecule has 0 saturated carbocycles. The second kappa shape index (κ2) is 82.5. The number of hydrogen-bond acceptors (Lipinski definition) is 11. The number of hydrogen-bond donors (Lipinski definition) is 0. The topological polar surface area (TPSA) is 41.6 Å². The zero-order valence-electron chi connectivity index (χ0n) is 91.9.